The van der Waals surface area contributed by atoms with E-state index in [-0.39, 0.29) is 17.6 Å². The van der Waals surface area contributed by atoms with Gasteiger partial charge in [0, 0.05) is 36.3 Å². The number of para-hydroxylation sites is 1. The zero-order valence-electron chi connectivity index (χ0n) is 22.3. The first kappa shape index (κ1) is 27.2. The van der Waals surface area contributed by atoms with E-state index in [4.69, 9.17) is 22.3 Å². The highest BCUT2D eigenvalue weighted by Gasteiger charge is 2.35. The fraction of sp³-hybridized carbons (Fsp3) is 0.393. The van der Waals surface area contributed by atoms with Crippen molar-refractivity contribution in [1.82, 2.24) is 40.7 Å². The number of nitrogens with zero attached hydrogens (tertiary/aromatic N) is 5. The first-order valence-electron chi connectivity index (χ1n) is 13.6. The van der Waals surface area contributed by atoms with Crippen molar-refractivity contribution in [1.29, 1.82) is 0 Å². The van der Waals surface area contributed by atoms with Crippen LogP contribution >= 0.6 is 12.2 Å². The van der Waals surface area contributed by atoms with Gasteiger partial charge >= 0.3 is 6.18 Å². The number of pyridine rings is 1. The molecule has 4 aromatic rings. The predicted octanol–water partition coefficient (Wildman–Crippen LogP) is 4.90. The van der Waals surface area contributed by atoms with Gasteiger partial charge in [-0.05, 0) is 75.5 Å². The molecule has 0 saturated heterocycles. The number of aryl methyl sites for hydroxylation is 2. The molecule has 0 unspecified atom stereocenters. The topological polar surface area (TPSA) is 102 Å². The third-order valence-corrected chi connectivity index (χ3v) is 7.53. The van der Waals surface area contributed by atoms with E-state index in [1.165, 1.54) is 4.68 Å². The number of hydrogen-bond donors (Lipinski definition) is 3. The number of hydrogen-bond acceptors (Lipinski definition) is 5. The Morgan fingerprint density at radius 3 is 2.44 bits per heavy atom. The molecule has 3 aromatic heterocycles. The number of aromatic nitrogens is 5. The summed E-state index contributed by atoms with van der Waals surface area (Å²) in [5.41, 5.74) is 8.81. The van der Waals surface area contributed by atoms with Crippen LogP contribution in [0.2, 0.25) is 0 Å². The third kappa shape index (κ3) is 5.90. The molecule has 0 bridgehead atoms. The highest BCUT2D eigenvalue weighted by atomic mass is 32.1. The maximum Gasteiger partial charge on any atom is 0.435 e. The summed E-state index contributed by atoms with van der Waals surface area (Å²) in [6.45, 7) is 2.25. The van der Waals surface area contributed by atoms with Crippen LogP contribution in [0, 0.1) is 6.92 Å². The number of amides is 1. The second-order valence-electron chi connectivity index (χ2n) is 10.6. The maximum absolute atomic E-state index is 13.5. The van der Waals surface area contributed by atoms with E-state index >= 15 is 0 Å². The Kier molecular flexibility index (Phi) is 7.14. The summed E-state index contributed by atoms with van der Waals surface area (Å²) in [4.78, 5) is 18.5. The Morgan fingerprint density at radius 2 is 1.78 bits per heavy atom. The van der Waals surface area contributed by atoms with Crippen molar-refractivity contribution in [2.75, 3.05) is 6.54 Å². The summed E-state index contributed by atoms with van der Waals surface area (Å²) in [6, 6.07) is 12.7. The van der Waals surface area contributed by atoms with Crippen LogP contribution in [0.5, 0.6) is 0 Å². The number of rotatable bonds is 8. The minimum atomic E-state index is -4.47. The van der Waals surface area contributed by atoms with E-state index in [2.05, 4.69) is 21.3 Å². The van der Waals surface area contributed by atoms with Gasteiger partial charge in [0.05, 0.1) is 22.3 Å². The Balaban J connectivity index is 1.14. The molecule has 2 saturated carbocycles. The van der Waals surface area contributed by atoms with Gasteiger partial charge in [0.2, 0.25) is 0 Å². The molecule has 41 heavy (non-hydrogen) atoms. The van der Waals surface area contributed by atoms with Gasteiger partial charge < -0.3 is 5.32 Å². The Bertz CT molecular complexity index is 1610. The number of hydrazine groups is 1. The van der Waals surface area contributed by atoms with Gasteiger partial charge in [-0.15, -0.1) is 0 Å². The fourth-order valence-electron chi connectivity index (χ4n) is 4.85. The van der Waals surface area contributed by atoms with Crippen molar-refractivity contribution < 1.29 is 18.0 Å². The molecule has 1 aromatic carbocycles. The van der Waals surface area contributed by atoms with E-state index in [1.54, 1.807) is 6.92 Å². The van der Waals surface area contributed by atoms with Gasteiger partial charge in [-0.25, -0.2) is 9.67 Å². The molecule has 1 amide bonds. The molecule has 0 atom stereocenters. The van der Waals surface area contributed by atoms with Crippen molar-refractivity contribution in [3.8, 4) is 5.69 Å². The normalized spacial score (nSPS) is 15.2. The fourth-order valence-corrected chi connectivity index (χ4v) is 5.00. The van der Waals surface area contributed by atoms with Crippen molar-refractivity contribution in [3.63, 3.8) is 0 Å². The number of thiocarbonyl (C=S) groups is 1. The first-order valence-corrected chi connectivity index (χ1v) is 14.0. The molecule has 13 heteroatoms. The van der Waals surface area contributed by atoms with Gasteiger partial charge in [-0.3, -0.25) is 20.3 Å². The van der Waals surface area contributed by atoms with Crippen LogP contribution < -0.4 is 16.2 Å². The molecular weight excluding hydrogens is 553 g/mol. The number of carbonyl (C=O) groups excluding carboxylic acids is 1. The minimum Gasteiger partial charge on any atom is -0.361 e. The molecule has 2 aliphatic carbocycles. The average Bonchev–Trinajstić information content (AvgIpc) is 3.89. The van der Waals surface area contributed by atoms with Crippen molar-refractivity contribution in [2.24, 2.45) is 0 Å². The first-order chi connectivity index (χ1) is 19.7. The van der Waals surface area contributed by atoms with Crippen molar-refractivity contribution in [2.45, 2.75) is 63.6 Å². The number of benzene rings is 1. The smallest absolute Gasteiger partial charge is 0.361 e. The van der Waals surface area contributed by atoms with Crippen LogP contribution in [0.1, 0.15) is 77.1 Å². The van der Waals surface area contributed by atoms with Crippen LogP contribution in [0.3, 0.4) is 0 Å². The summed E-state index contributed by atoms with van der Waals surface area (Å²) in [5.74, 6) is 0.282. The minimum absolute atomic E-state index is 0.196. The lowest BCUT2D eigenvalue weighted by Crippen LogP contribution is -2.47. The lowest BCUT2D eigenvalue weighted by atomic mass is 10.1. The molecule has 2 aliphatic rings. The van der Waals surface area contributed by atoms with E-state index in [0.29, 0.717) is 41.7 Å². The van der Waals surface area contributed by atoms with Crippen LogP contribution in [0.4, 0.5) is 13.2 Å². The number of carbonyl (C=O) groups is 1. The summed E-state index contributed by atoms with van der Waals surface area (Å²) >= 11 is 5.31. The second-order valence-corrected chi connectivity index (χ2v) is 11.0. The molecule has 3 heterocycles. The van der Waals surface area contributed by atoms with Crippen LogP contribution in [0.25, 0.3) is 16.7 Å². The van der Waals surface area contributed by atoms with Gasteiger partial charge in [-0.2, -0.15) is 23.4 Å². The molecule has 0 radical (unpaired) electrons. The summed E-state index contributed by atoms with van der Waals surface area (Å²) in [5, 5.41) is 12.5. The number of fused-ring (bicyclic) bond motifs is 1. The summed E-state index contributed by atoms with van der Waals surface area (Å²) in [6.07, 6.45) is 0.126. The average molecular weight is 583 g/mol. The zero-order valence-corrected chi connectivity index (χ0v) is 23.1. The van der Waals surface area contributed by atoms with Crippen molar-refractivity contribution >= 4 is 34.3 Å². The molecule has 0 aliphatic heterocycles. The molecule has 0 spiro atoms. The number of halogens is 3. The quantitative estimate of drug-likeness (QED) is 0.154. The second kappa shape index (κ2) is 10.8. The largest absolute Gasteiger partial charge is 0.435 e. The molecule has 2 fully saturated rings. The number of alkyl halides is 3. The van der Waals surface area contributed by atoms with Crippen molar-refractivity contribution in [3.05, 3.63) is 70.8 Å². The Hall–Kier alpha value is -4.00. The van der Waals surface area contributed by atoms with Crippen LogP contribution in [-0.4, -0.2) is 42.1 Å². The predicted molar refractivity (Wildman–Crippen MR) is 151 cm³/mol. The summed E-state index contributed by atoms with van der Waals surface area (Å²) < 4.78 is 41.8. The van der Waals surface area contributed by atoms with Crippen LogP contribution in [0.15, 0.2) is 42.5 Å². The third-order valence-electron chi connectivity index (χ3n) is 7.28. The SMILES string of the molecule is Cc1cc(C(F)(F)F)nn1CCCNC(=S)NNC(=O)c1cc(C2CC2)nc2c1c(C1CC1)nn2-c1ccccc1. The Labute approximate surface area is 239 Å². The summed E-state index contributed by atoms with van der Waals surface area (Å²) in [7, 11) is 0. The van der Waals surface area contributed by atoms with E-state index < -0.39 is 11.9 Å². The molecule has 3 N–H and O–H groups in total. The standard InChI is InChI=1S/C28H29F3N8OS/c1-16-14-22(28(29,30)31)36-38(16)13-5-12-32-27(41)35-34-26(40)20-15-21(17-8-9-17)33-25-23(20)24(18-10-11-18)37-39(25)19-6-3-2-4-7-19/h2-4,6-7,14-15,17-18H,5,8-13H2,1H3,(H,34,40)(H2,32,35,41). The lowest BCUT2D eigenvalue weighted by Gasteiger charge is -2.13. The highest BCUT2D eigenvalue weighted by molar-refractivity contribution is 7.80. The Morgan fingerprint density at radius 1 is 1.05 bits per heavy atom. The van der Waals surface area contributed by atoms with Gasteiger partial charge in [0.25, 0.3) is 5.91 Å². The van der Waals surface area contributed by atoms with Crippen LogP contribution in [-0.2, 0) is 12.7 Å². The molecule has 6 rings (SSSR count). The van der Waals surface area contributed by atoms with Gasteiger partial charge in [0.15, 0.2) is 16.5 Å². The molecular formula is C28H29F3N8OS. The zero-order chi connectivity index (χ0) is 28.7. The monoisotopic (exact) mass is 582 g/mol. The number of nitrogens with one attached hydrogen (secondary N) is 3. The van der Waals surface area contributed by atoms with E-state index in [0.717, 1.165) is 54.2 Å². The van der Waals surface area contributed by atoms with E-state index in [9.17, 15) is 18.0 Å². The van der Waals surface area contributed by atoms with Gasteiger partial charge in [0.1, 0.15) is 0 Å². The molecule has 9 nitrogen and oxygen atoms in total. The maximum atomic E-state index is 13.5. The highest BCUT2D eigenvalue weighted by Crippen LogP contribution is 2.45. The van der Waals surface area contributed by atoms with Gasteiger partial charge in [-0.1, -0.05) is 18.2 Å². The molecule has 214 valence electrons. The van der Waals surface area contributed by atoms with E-state index in [1.807, 2.05) is 41.1 Å². The lowest BCUT2D eigenvalue weighted by molar-refractivity contribution is -0.141.